The molecule has 0 aliphatic carbocycles. The number of carbonyl (C=O) groups excluding carboxylic acids is 1. The maximum atomic E-state index is 11.8. The number of carbonyl (C=O) groups is 1. The Morgan fingerprint density at radius 2 is 2.00 bits per heavy atom. The number of amides is 1. The highest BCUT2D eigenvalue weighted by molar-refractivity contribution is 5.76. The number of hydrogen-bond acceptors (Lipinski definition) is 2. The van der Waals surface area contributed by atoms with Crippen LogP contribution in [0.25, 0.3) is 0 Å². The zero-order chi connectivity index (χ0) is 14.6. The second-order valence-corrected chi connectivity index (χ2v) is 6.72. The Morgan fingerprint density at radius 3 is 2.55 bits per heavy atom. The third-order valence-electron chi connectivity index (χ3n) is 3.90. The monoisotopic (exact) mass is 274 g/mol. The van der Waals surface area contributed by atoms with Gasteiger partial charge in [-0.3, -0.25) is 4.79 Å². The van der Waals surface area contributed by atoms with Crippen LogP contribution in [0.1, 0.15) is 51.2 Å². The van der Waals surface area contributed by atoms with Crippen LogP contribution in [0.15, 0.2) is 24.3 Å². The van der Waals surface area contributed by atoms with Crippen LogP contribution in [0.4, 0.5) is 0 Å². The fraction of sp³-hybridized carbons (Fsp3) is 0.588. The van der Waals surface area contributed by atoms with E-state index in [0.29, 0.717) is 19.0 Å². The highest BCUT2D eigenvalue weighted by Gasteiger charge is 2.17. The quantitative estimate of drug-likeness (QED) is 0.886. The molecule has 20 heavy (non-hydrogen) atoms. The number of hydrogen-bond donors (Lipinski definition) is 2. The van der Waals surface area contributed by atoms with Crippen molar-refractivity contribution in [3.8, 4) is 0 Å². The molecule has 3 heteroatoms. The fourth-order valence-corrected chi connectivity index (χ4v) is 2.55. The summed E-state index contributed by atoms with van der Waals surface area (Å²) in [6, 6.07) is 8.89. The Kier molecular flexibility index (Phi) is 4.81. The third kappa shape index (κ3) is 4.34. The summed E-state index contributed by atoms with van der Waals surface area (Å²) in [5, 5.41) is 6.35. The Balaban J connectivity index is 1.80. The molecule has 0 saturated carbocycles. The topological polar surface area (TPSA) is 41.1 Å². The molecular formula is C17H26N2O. The van der Waals surface area contributed by atoms with Gasteiger partial charge in [-0.15, -0.1) is 0 Å². The first-order valence-electron chi connectivity index (χ1n) is 7.54. The lowest BCUT2D eigenvalue weighted by molar-refractivity contribution is -0.121. The summed E-state index contributed by atoms with van der Waals surface area (Å²) < 4.78 is 0. The molecule has 1 heterocycles. The van der Waals surface area contributed by atoms with Crippen LogP contribution in [0.5, 0.6) is 0 Å². The van der Waals surface area contributed by atoms with Gasteiger partial charge in [-0.1, -0.05) is 45.0 Å². The Labute approximate surface area is 122 Å². The molecule has 110 valence electrons. The normalized spacial score (nSPS) is 19.1. The van der Waals surface area contributed by atoms with E-state index in [9.17, 15) is 4.79 Å². The van der Waals surface area contributed by atoms with Crippen LogP contribution in [0.3, 0.4) is 0 Å². The van der Waals surface area contributed by atoms with Crippen molar-refractivity contribution in [3.63, 3.8) is 0 Å². The van der Waals surface area contributed by atoms with E-state index in [1.165, 1.54) is 12.0 Å². The van der Waals surface area contributed by atoms with E-state index in [0.717, 1.165) is 18.5 Å². The average molecular weight is 274 g/mol. The molecule has 1 unspecified atom stereocenters. The molecule has 1 fully saturated rings. The van der Waals surface area contributed by atoms with E-state index in [2.05, 4.69) is 55.7 Å². The molecule has 2 rings (SSSR count). The van der Waals surface area contributed by atoms with Crippen molar-refractivity contribution in [1.29, 1.82) is 0 Å². The van der Waals surface area contributed by atoms with Gasteiger partial charge in [0.25, 0.3) is 0 Å². The van der Waals surface area contributed by atoms with Gasteiger partial charge in [0.1, 0.15) is 0 Å². The lowest BCUT2D eigenvalue weighted by Crippen LogP contribution is -2.31. The smallest absolute Gasteiger partial charge is 0.221 e. The zero-order valence-electron chi connectivity index (χ0n) is 12.8. The van der Waals surface area contributed by atoms with Gasteiger partial charge < -0.3 is 10.6 Å². The van der Waals surface area contributed by atoms with Crippen molar-refractivity contribution < 1.29 is 4.79 Å². The minimum absolute atomic E-state index is 0.143. The molecule has 0 bridgehead atoms. The zero-order valence-corrected chi connectivity index (χ0v) is 12.8. The molecular weight excluding hydrogens is 248 g/mol. The van der Waals surface area contributed by atoms with Gasteiger partial charge in [0.15, 0.2) is 0 Å². The van der Waals surface area contributed by atoms with Crippen molar-refractivity contribution in [2.45, 2.75) is 58.0 Å². The molecule has 0 aromatic heterocycles. The molecule has 1 aliphatic heterocycles. The van der Waals surface area contributed by atoms with Gasteiger partial charge in [-0.2, -0.15) is 0 Å². The molecule has 1 saturated heterocycles. The average Bonchev–Trinajstić information content (AvgIpc) is 2.88. The van der Waals surface area contributed by atoms with E-state index in [1.54, 1.807) is 0 Å². The van der Waals surface area contributed by atoms with Gasteiger partial charge in [0.2, 0.25) is 5.91 Å². The molecule has 3 nitrogen and oxygen atoms in total. The molecule has 1 aliphatic rings. The molecule has 0 radical (unpaired) electrons. The highest BCUT2D eigenvalue weighted by Crippen LogP contribution is 2.22. The molecule has 0 spiro atoms. The van der Waals surface area contributed by atoms with Crippen molar-refractivity contribution in [3.05, 3.63) is 35.4 Å². The van der Waals surface area contributed by atoms with Gasteiger partial charge in [0, 0.05) is 19.0 Å². The summed E-state index contributed by atoms with van der Waals surface area (Å²) in [6.07, 6.45) is 2.90. The van der Waals surface area contributed by atoms with Crippen LogP contribution in [-0.2, 0) is 16.8 Å². The maximum Gasteiger partial charge on any atom is 0.221 e. The van der Waals surface area contributed by atoms with Crippen molar-refractivity contribution >= 4 is 5.91 Å². The molecule has 1 aromatic carbocycles. The maximum absolute atomic E-state index is 11.8. The van der Waals surface area contributed by atoms with E-state index in [1.807, 2.05) is 0 Å². The standard InChI is InChI=1S/C17H26N2O/c1-17(2,3)14-8-6-13(7-9-14)12-19-16(20)11-15-5-4-10-18-15/h6-9,15,18H,4-5,10-12H2,1-3H3,(H,19,20). The number of nitrogens with one attached hydrogen (secondary N) is 2. The van der Waals surface area contributed by atoms with E-state index >= 15 is 0 Å². The number of rotatable bonds is 4. The summed E-state index contributed by atoms with van der Waals surface area (Å²) in [6.45, 7) is 8.29. The lowest BCUT2D eigenvalue weighted by Gasteiger charge is -2.19. The van der Waals surface area contributed by atoms with E-state index < -0.39 is 0 Å². The Bertz CT molecular complexity index is 439. The molecule has 1 aromatic rings. The minimum Gasteiger partial charge on any atom is -0.352 e. The first-order chi connectivity index (χ1) is 9.45. The Morgan fingerprint density at radius 1 is 1.30 bits per heavy atom. The van der Waals surface area contributed by atoms with Crippen LogP contribution in [0, 0.1) is 0 Å². The fourth-order valence-electron chi connectivity index (χ4n) is 2.55. The number of benzene rings is 1. The first kappa shape index (κ1) is 15.0. The summed E-state index contributed by atoms with van der Waals surface area (Å²) in [5.74, 6) is 0.143. The van der Waals surface area contributed by atoms with E-state index in [4.69, 9.17) is 0 Å². The summed E-state index contributed by atoms with van der Waals surface area (Å²) in [5.41, 5.74) is 2.66. The molecule has 1 amide bonds. The first-order valence-corrected chi connectivity index (χ1v) is 7.54. The second kappa shape index (κ2) is 6.40. The van der Waals surface area contributed by atoms with Gasteiger partial charge in [-0.05, 0) is 35.9 Å². The molecule has 2 N–H and O–H groups in total. The van der Waals surface area contributed by atoms with Crippen LogP contribution in [0.2, 0.25) is 0 Å². The van der Waals surface area contributed by atoms with Crippen molar-refractivity contribution in [1.82, 2.24) is 10.6 Å². The van der Waals surface area contributed by atoms with Crippen molar-refractivity contribution in [2.24, 2.45) is 0 Å². The van der Waals surface area contributed by atoms with E-state index in [-0.39, 0.29) is 11.3 Å². The molecule has 1 atom stereocenters. The largest absolute Gasteiger partial charge is 0.352 e. The summed E-state index contributed by atoms with van der Waals surface area (Å²) in [7, 11) is 0. The van der Waals surface area contributed by atoms with Gasteiger partial charge in [0.05, 0.1) is 0 Å². The predicted octanol–water partition coefficient (Wildman–Crippen LogP) is 2.74. The predicted molar refractivity (Wildman–Crippen MR) is 82.6 cm³/mol. The highest BCUT2D eigenvalue weighted by atomic mass is 16.1. The Hall–Kier alpha value is -1.35. The van der Waals surface area contributed by atoms with Crippen LogP contribution < -0.4 is 10.6 Å². The second-order valence-electron chi connectivity index (χ2n) is 6.72. The van der Waals surface area contributed by atoms with Crippen molar-refractivity contribution in [2.75, 3.05) is 6.54 Å². The van der Waals surface area contributed by atoms with Crippen LogP contribution >= 0.6 is 0 Å². The van der Waals surface area contributed by atoms with Crippen LogP contribution in [-0.4, -0.2) is 18.5 Å². The lowest BCUT2D eigenvalue weighted by atomic mass is 9.87. The summed E-state index contributed by atoms with van der Waals surface area (Å²) in [4.78, 5) is 11.8. The summed E-state index contributed by atoms with van der Waals surface area (Å²) >= 11 is 0. The SMILES string of the molecule is CC(C)(C)c1ccc(CNC(=O)CC2CCCN2)cc1. The van der Waals surface area contributed by atoms with Gasteiger partial charge >= 0.3 is 0 Å². The van der Waals surface area contributed by atoms with Gasteiger partial charge in [-0.25, -0.2) is 0 Å². The third-order valence-corrected chi connectivity index (χ3v) is 3.90. The minimum atomic E-state index is 0.143.